The molecule has 9 heteroatoms. The van der Waals surface area contributed by atoms with Crippen molar-refractivity contribution >= 4 is 17.5 Å². The molecule has 1 spiro atoms. The molecule has 0 bridgehead atoms. The second kappa shape index (κ2) is 8.55. The SMILES string of the molecule is CC(C)CC(C(=O)N1C[C@]2(C[C@H]1C#N)C(=O)Nc1ccccc12)n1cccc(-c2cc[nH]n2)c1=O. The van der Waals surface area contributed by atoms with Gasteiger partial charge in [-0.05, 0) is 42.2 Å². The number of H-pyrrole nitrogens is 1. The van der Waals surface area contributed by atoms with E-state index in [4.69, 9.17) is 0 Å². The zero-order chi connectivity index (χ0) is 24.7. The summed E-state index contributed by atoms with van der Waals surface area (Å²) in [6.07, 6.45) is 3.87. The number of nitrogens with one attached hydrogen (secondary N) is 2. The van der Waals surface area contributed by atoms with Crippen molar-refractivity contribution in [2.24, 2.45) is 5.92 Å². The smallest absolute Gasteiger partial charge is 0.260 e. The predicted octanol–water partition coefficient (Wildman–Crippen LogP) is 2.84. The summed E-state index contributed by atoms with van der Waals surface area (Å²) in [5.74, 6) is -0.426. The first-order valence-electron chi connectivity index (χ1n) is 11.7. The molecule has 1 aromatic carbocycles. The minimum Gasteiger partial charge on any atom is -0.325 e. The average molecular weight is 471 g/mol. The third-order valence-corrected chi connectivity index (χ3v) is 6.98. The first-order valence-corrected chi connectivity index (χ1v) is 11.7. The van der Waals surface area contributed by atoms with E-state index in [9.17, 15) is 19.6 Å². The molecule has 2 aromatic heterocycles. The summed E-state index contributed by atoms with van der Waals surface area (Å²) in [7, 11) is 0. The Labute approximate surface area is 202 Å². The van der Waals surface area contributed by atoms with E-state index in [0.717, 1.165) is 5.56 Å². The van der Waals surface area contributed by atoms with Gasteiger partial charge in [-0.15, -0.1) is 0 Å². The number of amides is 2. The van der Waals surface area contributed by atoms with Crippen LogP contribution < -0.4 is 10.9 Å². The molecule has 9 nitrogen and oxygen atoms in total. The highest BCUT2D eigenvalue weighted by atomic mass is 16.2. The number of hydrogen-bond donors (Lipinski definition) is 2. The molecule has 1 saturated heterocycles. The van der Waals surface area contributed by atoms with Crippen molar-refractivity contribution in [1.82, 2.24) is 19.7 Å². The van der Waals surface area contributed by atoms with Crippen molar-refractivity contribution in [1.29, 1.82) is 5.26 Å². The van der Waals surface area contributed by atoms with E-state index in [1.165, 1.54) is 9.47 Å². The van der Waals surface area contributed by atoms with Crippen LogP contribution in [-0.2, 0) is 15.0 Å². The van der Waals surface area contributed by atoms with Crippen LogP contribution in [0.25, 0.3) is 11.3 Å². The van der Waals surface area contributed by atoms with Gasteiger partial charge in [0.05, 0.1) is 22.7 Å². The number of para-hydroxylation sites is 1. The number of benzene rings is 1. The quantitative estimate of drug-likeness (QED) is 0.593. The maximum absolute atomic E-state index is 14.0. The molecule has 0 aliphatic carbocycles. The van der Waals surface area contributed by atoms with Crippen LogP contribution in [0.5, 0.6) is 0 Å². The predicted molar refractivity (Wildman–Crippen MR) is 129 cm³/mol. The molecule has 0 radical (unpaired) electrons. The fourth-order valence-corrected chi connectivity index (χ4v) is 5.32. The van der Waals surface area contributed by atoms with Crippen LogP contribution in [0.1, 0.15) is 38.3 Å². The Morgan fingerprint density at radius 3 is 2.74 bits per heavy atom. The molecule has 3 aromatic rings. The molecule has 35 heavy (non-hydrogen) atoms. The number of fused-ring (bicyclic) bond motifs is 2. The molecule has 4 heterocycles. The van der Waals surface area contributed by atoms with E-state index in [0.29, 0.717) is 23.4 Å². The van der Waals surface area contributed by atoms with Gasteiger partial charge >= 0.3 is 0 Å². The minimum absolute atomic E-state index is 0.0926. The lowest BCUT2D eigenvalue weighted by molar-refractivity contribution is -0.135. The van der Waals surface area contributed by atoms with Crippen LogP contribution in [0.15, 0.2) is 59.7 Å². The number of carbonyl (C=O) groups is 2. The highest BCUT2D eigenvalue weighted by Crippen LogP contribution is 2.46. The summed E-state index contributed by atoms with van der Waals surface area (Å²) < 4.78 is 1.44. The van der Waals surface area contributed by atoms with Gasteiger partial charge in [0, 0.05) is 31.0 Å². The molecule has 2 amide bonds. The Kier molecular flexibility index (Phi) is 5.52. The number of nitriles is 1. The summed E-state index contributed by atoms with van der Waals surface area (Å²) in [5.41, 5.74) is 1.09. The lowest BCUT2D eigenvalue weighted by Crippen LogP contribution is -2.45. The summed E-state index contributed by atoms with van der Waals surface area (Å²) >= 11 is 0. The fraction of sp³-hybridized carbons (Fsp3) is 0.346. The Morgan fingerprint density at radius 1 is 1.23 bits per heavy atom. The number of pyridine rings is 1. The van der Waals surface area contributed by atoms with E-state index < -0.39 is 17.5 Å². The Hall–Kier alpha value is -4.19. The summed E-state index contributed by atoms with van der Waals surface area (Å²) in [6.45, 7) is 4.06. The van der Waals surface area contributed by atoms with Crippen molar-refractivity contribution in [3.8, 4) is 17.3 Å². The maximum Gasteiger partial charge on any atom is 0.260 e. The lowest BCUT2D eigenvalue weighted by atomic mass is 9.80. The van der Waals surface area contributed by atoms with Gasteiger partial charge in [-0.3, -0.25) is 19.5 Å². The summed E-state index contributed by atoms with van der Waals surface area (Å²) in [4.78, 5) is 42.1. The number of aromatic nitrogens is 3. The van der Waals surface area contributed by atoms with Gasteiger partial charge in [0.25, 0.3) is 5.56 Å². The van der Waals surface area contributed by atoms with Crippen molar-refractivity contribution in [2.45, 2.75) is 44.2 Å². The third-order valence-electron chi connectivity index (χ3n) is 6.98. The number of carbonyl (C=O) groups excluding carboxylic acids is 2. The second-order valence-corrected chi connectivity index (χ2v) is 9.64. The Balaban J connectivity index is 1.55. The van der Waals surface area contributed by atoms with Crippen LogP contribution in [0, 0.1) is 17.2 Å². The zero-order valence-corrected chi connectivity index (χ0v) is 19.6. The van der Waals surface area contributed by atoms with Gasteiger partial charge in [0.1, 0.15) is 12.1 Å². The van der Waals surface area contributed by atoms with E-state index in [1.54, 1.807) is 30.6 Å². The molecule has 1 unspecified atom stereocenters. The molecule has 0 saturated carbocycles. The van der Waals surface area contributed by atoms with Crippen molar-refractivity contribution in [3.05, 3.63) is 70.8 Å². The highest BCUT2D eigenvalue weighted by Gasteiger charge is 2.56. The fourth-order valence-electron chi connectivity index (χ4n) is 5.32. The van der Waals surface area contributed by atoms with Crippen LogP contribution in [-0.4, -0.2) is 44.1 Å². The van der Waals surface area contributed by atoms with Crippen LogP contribution in [0.3, 0.4) is 0 Å². The molecule has 178 valence electrons. The largest absolute Gasteiger partial charge is 0.325 e. The van der Waals surface area contributed by atoms with E-state index >= 15 is 0 Å². The summed E-state index contributed by atoms with van der Waals surface area (Å²) in [5, 5.41) is 19.7. The standard InChI is InChI=1S/C26H26N6O3/c1-16(2)12-22(31-11-5-6-18(23(31)33)20-9-10-28-30-20)24(34)32-15-26(13-17(32)14-27)19-7-3-4-8-21(19)29-25(26)35/h3-11,16-17,22H,12-13,15H2,1-2H3,(H,28,30)(H,29,35)/t17-,22?,26-/m0/s1. The average Bonchev–Trinajstić information content (AvgIpc) is 3.57. The highest BCUT2D eigenvalue weighted by molar-refractivity contribution is 6.07. The number of hydrogen-bond acceptors (Lipinski definition) is 5. The molecule has 2 aliphatic heterocycles. The maximum atomic E-state index is 14.0. The number of anilines is 1. The van der Waals surface area contributed by atoms with Crippen LogP contribution in [0.4, 0.5) is 5.69 Å². The Morgan fingerprint density at radius 2 is 2.03 bits per heavy atom. The third kappa shape index (κ3) is 3.62. The zero-order valence-electron chi connectivity index (χ0n) is 19.6. The van der Waals surface area contributed by atoms with Gasteiger partial charge in [0.15, 0.2) is 0 Å². The normalized spacial score (nSPS) is 21.7. The molecular weight excluding hydrogens is 444 g/mol. The lowest BCUT2D eigenvalue weighted by Gasteiger charge is -2.29. The van der Waals surface area contributed by atoms with Crippen molar-refractivity contribution in [3.63, 3.8) is 0 Å². The minimum atomic E-state index is -0.975. The van der Waals surface area contributed by atoms with Gasteiger partial charge in [-0.1, -0.05) is 32.0 Å². The first-order chi connectivity index (χ1) is 16.9. The number of aromatic amines is 1. The Bertz CT molecular complexity index is 1390. The van der Waals surface area contributed by atoms with Crippen molar-refractivity contribution < 1.29 is 9.59 Å². The van der Waals surface area contributed by atoms with Crippen LogP contribution >= 0.6 is 0 Å². The van der Waals surface area contributed by atoms with Gasteiger partial charge in [-0.25, -0.2) is 0 Å². The molecule has 2 aliphatic rings. The molecule has 2 N–H and O–H groups in total. The van der Waals surface area contributed by atoms with Gasteiger partial charge in [0.2, 0.25) is 11.8 Å². The van der Waals surface area contributed by atoms with E-state index in [1.807, 2.05) is 38.1 Å². The van der Waals surface area contributed by atoms with E-state index in [2.05, 4.69) is 21.6 Å². The van der Waals surface area contributed by atoms with Gasteiger partial charge in [-0.2, -0.15) is 10.4 Å². The number of likely N-dealkylation sites (tertiary alicyclic amines) is 1. The monoisotopic (exact) mass is 470 g/mol. The van der Waals surface area contributed by atoms with Crippen LogP contribution in [0.2, 0.25) is 0 Å². The molecule has 1 fully saturated rings. The number of nitrogens with zero attached hydrogens (tertiary/aromatic N) is 4. The van der Waals surface area contributed by atoms with Gasteiger partial charge < -0.3 is 14.8 Å². The van der Waals surface area contributed by atoms with Crippen molar-refractivity contribution in [2.75, 3.05) is 11.9 Å². The second-order valence-electron chi connectivity index (χ2n) is 9.64. The molecular formula is C26H26N6O3. The summed E-state index contributed by atoms with van der Waals surface area (Å²) in [6, 6.07) is 13.1. The topological polar surface area (TPSA) is 124 Å². The first kappa shape index (κ1) is 22.6. The molecule has 3 atom stereocenters. The van der Waals surface area contributed by atoms with E-state index in [-0.39, 0.29) is 36.3 Å². The molecule has 5 rings (SSSR count). The number of rotatable bonds is 5.